The van der Waals surface area contributed by atoms with Crippen LogP contribution >= 0.6 is 39.1 Å². The summed E-state index contributed by atoms with van der Waals surface area (Å²) >= 11 is 15.7. The summed E-state index contributed by atoms with van der Waals surface area (Å²) in [7, 11) is 0. The molecule has 0 saturated heterocycles. The molecule has 2 aromatic rings. The first kappa shape index (κ1) is 26.5. The number of aryl methyl sites for hydroxylation is 1. The molecule has 0 heterocycles. The standard InChI is InChI=1S/C24H29BrCl2N2O3/c1-5-16-8-10-22(18(25)11-16)32-14-23(30)29(21(6-2)24(31)28-15(3)4)13-17-7-9-19(26)20(27)12-17/h7-12,15,21H,5-6,13-14H2,1-4H3,(H,28,31)/t21-/m1/s1. The molecule has 5 nitrogen and oxygen atoms in total. The molecule has 0 saturated carbocycles. The van der Waals surface area contributed by atoms with E-state index in [-0.39, 0.29) is 31.0 Å². The molecule has 0 unspecified atom stereocenters. The van der Waals surface area contributed by atoms with Crippen molar-refractivity contribution in [2.24, 2.45) is 0 Å². The minimum absolute atomic E-state index is 0.0391. The monoisotopic (exact) mass is 542 g/mol. The van der Waals surface area contributed by atoms with Gasteiger partial charge in [0.2, 0.25) is 5.91 Å². The molecule has 0 aliphatic carbocycles. The van der Waals surface area contributed by atoms with Gasteiger partial charge < -0.3 is 15.0 Å². The van der Waals surface area contributed by atoms with E-state index in [1.54, 1.807) is 18.2 Å². The lowest BCUT2D eigenvalue weighted by Gasteiger charge is -2.31. The number of carbonyl (C=O) groups is 2. The molecule has 2 aromatic carbocycles. The van der Waals surface area contributed by atoms with Gasteiger partial charge in [0.05, 0.1) is 14.5 Å². The number of rotatable bonds is 10. The summed E-state index contributed by atoms with van der Waals surface area (Å²) < 4.78 is 6.58. The second kappa shape index (κ2) is 12.5. The SMILES string of the molecule is CCc1ccc(OCC(=O)N(Cc2ccc(Cl)c(Cl)c2)[C@H](CC)C(=O)NC(C)C)c(Br)c1. The van der Waals surface area contributed by atoms with Gasteiger partial charge in [-0.25, -0.2) is 0 Å². The average molecular weight is 544 g/mol. The normalized spacial score (nSPS) is 11.9. The Morgan fingerprint density at radius 1 is 1.06 bits per heavy atom. The number of amides is 2. The zero-order valence-corrected chi connectivity index (χ0v) is 21.9. The first-order valence-electron chi connectivity index (χ1n) is 10.6. The molecule has 1 N–H and O–H groups in total. The Morgan fingerprint density at radius 3 is 2.31 bits per heavy atom. The zero-order valence-electron chi connectivity index (χ0n) is 18.8. The molecule has 0 aromatic heterocycles. The van der Waals surface area contributed by atoms with Crippen LogP contribution in [-0.2, 0) is 22.6 Å². The maximum atomic E-state index is 13.2. The number of hydrogen-bond donors (Lipinski definition) is 1. The van der Waals surface area contributed by atoms with Gasteiger partial charge >= 0.3 is 0 Å². The van der Waals surface area contributed by atoms with Gasteiger partial charge in [0.25, 0.3) is 5.91 Å². The van der Waals surface area contributed by atoms with Crippen molar-refractivity contribution in [2.75, 3.05) is 6.61 Å². The van der Waals surface area contributed by atoms with E-state index in [9.17, 15) is 9.59 Å². The van der Waals surface area contributed by atoms with Crippen molar-refractivity contribution in [3.63, 3.8) is 0 Å². The Kier molecular flexibility index (Phi) is 10.3. The highest BCUT2D eigenvalue weighted by Gasteiger charge is 2.29. The average Bonchev–Trinajstić information content (AvgIpc) is 2.74. The number of carbonyl (C=O) groups excluding carboxylic acids is 2. The maximum Gasteiger partial charge on any atom is 0.261 e. The van der Waals surface area contributed by atoms with Crippen LogP contribution in [0, 0.1) is 0 Å². The molecular weight excluding hydrogens is 515 g/mol. The van der Waals surface area contributed by atoms with Gasteiger partial charge in [-0.15, -0.1) is 0 Å². The number of benzene rings is 2. The quantitative estimate of drug-likeness (QED) is 0.398. The largest absolute Gasteiger partial charge is 0.483 e. The van der Waals surface area contributed by atoms with E-state index in [0.29, 0.717) is 22.2 Å². The summed E-state index contributed by atoms with van der Waals surface area (Å²) in [5.74, 6) is 0.0717. The van der Waals surface area contributed by atoms with Crippen LogP contribution in [-0.4, -0.2) is 35.4 Å². The van der Waals surface area contributed by atoms with Crippen LogP contribution in [0.5, 0.6) is 5.75 Å². The predicted molar refractivity (Wildman–Crippen MR) is 133 cm³/mol. The lowest BCUT2D eigenvalue weighted by molar-refractivity contribution is -0.143. The first-order chi connectivity index (χ1) is 15.2. The molecule has 0 spiro atoms. The molecule has 0 radical (unpaired) electrons. The third-order valence-electron chi connectivity index (χ3n) is 4.91. The van der Waals surface area contributed by atoms with Gasteiger partial charge in [-0.2, -0.15) is 0 Å². The molecule has 32 heavy (non-hydrogen) atoms. The number of hydrogen-bond acceptors (Lipinski definition) is 3. The van der Waals surface area contributed by atoms with Crippen LogP contribution in [0.3, 0.4) is 0 Å². The second-order valence-electron chi connectivity index (χ2n) is 7.76. The molecule has 2 amide bonds. The Morgan fingerprint density at radius 2 is 1.75 bits per heavy atom. The van der Waals surface area contributed by atoms with Crippen LogP contribution in [0.2, 0.25) is 10.0 Å². The maximum absolute atomic E-state index is 13.2. The molecule has 0 bridgehead atoms. The van der Waals surface area contributed by atoms with E-state index in [4.69, 9.17) is 27.9 Å². The number of nitrogens with one attached hydrogen (secondary N) is 1. The minimum atomic E-state index is -0.645. The van der Waals surface area contributed by atoms with E-state index in [1.807, 2.05) is 39.0 Å². The third-order valence-corrected chi connectivity index (χ3v) is 6.27. The van der Waals surface area contributed by atoms with E-state index < -0.39 is 6.04 Å². The van der Waals surface area contributed by atoms with Crippen molar-refractivity contribution in [1.82, 2.24) is 10.2 Å². The molecular formula is C24H29BrCl2N2O3. The second-order valence-corrected chi connectivity index (χ2v) is 9.43. The molecule has 174 valence electrons. The number of nitrogens with zero attached hydrogens (tertiary/aromatic N) is 1. The van der Waals surface area contributed by atoms with Crippen molar-refractivity contribution in [3.8, 4) is 5.75 Å². The van der Waals surface area contributed by atoms with Crippen molar-refractivity contribution in [1.29, 1.82) is 0 Å². The topological polar surface area (TPSA) is 58.6 Å². The Hall–Kier alpha value is -1.76. The molecule has 1 atom stereocenters. The fraction of sp³-hybridized carbons (Fsp3) is 0.417. The summed E-state index contributed by atoms with van der Waals surface area (Å²) in [5.41, 5.74) is 1.94. The van der Waals surface area contributed by atoms with Gasteiger partial charge in [-0.05, 0) is 78.0 Å². The highest BCUT2D eigenvalue weighted by Crippen LogP contribution is 2.27. The van der Waals surface area contributed by atoms with Gasteiger partial charge in [-0.1, -0.05) is 49.2 Å². The minimum Gasteiger partial charge on any atom is -0.483 e. The predicted octanol–water partition coefficient (Wildman–Crippen LogP) is 6.03. The summed E-state index contributed by atoms with van der Waals surface area (Å²) in [4.78, 5) is 27.6. The number of halogens is 3. The summed E-state index contributed by atoms with van der Waals surface area (Å²) in [6, 6.07) is 10.3. The highest BCUT2D eigenvalue weighted by molar-refractivity contribution is 9.10. The van der Waals surface area contributed by atoms with Crippen molar-refractivity contribution >= 4 is 50.9 Å². The molecule has 0 fully saturated rings. The number of ether oxygens (including phenoxy) is 1. The smallest absolute Gasteiger partial charge is 0.261 e. The van der Waals surface area contributed by atoms with Crippen molar-refractivity contribution < 1.29 is 14.3 Å². The third kappa shape index (κ3) is 7.39. The Balaban J connectivity index is 2.25. The fourth-order valence-electron chi connectivity index (χ4n) is 3.24. The molecule has 0 aliphatic rings. The lowest BCUT2D eigenvalue weighted by atomic mass is 10.1. The van der Waals surface area contributed by atoms with Crippen LogP contribution in [0.1, 0.15) is 45.2 Å². The Bertz CT molecular complexity index is 953. The van der Waals surface area contributed by atoms with Crippen LogP contribution in [0.4, 0.5) is 0 Å². The molecule has 0 aliphatic heterocycles. The van der Waals surface area contributed by atoms with Crippen LogP contribution in [0.15, 0.2) is 40.9 Å². The lowest BCUT2D eigenvalue weighted by Crippen LogP contribution is -2.51. The van der Waals surface area contributed by atoms with E-state index in [0.717, 1.165) is 22.0 Å². The van der Waals surface area contributed by atoms with Crippen LogP contribution in [0.25, 0.3) is 0 Å². The first-order valence-corrected chi connectivity index (χ1v) is 12.2. The van der Waals surface area contributed by atoms with E-state index in [2.05, 4.69) is 28.2 Å². The van der Waals surface area contributed by atoms with Gasteiger partial charge in [0, 0.05) is 12.6 Å². The van der Waals surface area contributed by atoms with E-state index in [1.165, 1.54) is 4.90 Å². The Labute approximate surface area is 208 Å². The van der Waals surface area contributed by atoms with Crippen LogP contribution < -0.4 is 10.1 Å². The van der Waals surface area contributed by atoms with Gasteiger partial charge in [0.15, 0.2) is 6.61 Å². The highest BCUT2D eigenvalue weighted by atomic mass is 79.9. The molecule has 8 heteroatoms. The summed E-state index contributed by atoms with van der Waals surface area (Å²) in [6.07, 6.45) is 1.36. The molecule has 2 rings (SSSR count). The van der Waals surface area contributed by atoms with E-state index >= 15 is 0 Å². The fourth-order valence-corrected chi connectivity index (χ4v) is 4.10. The van der Waals surface area contributed by atoms with Crippen molar-refractivity contribution in [2.45, 2.75) is 59.2 Å². The van der Waals surface area contributed by atoms with Crippen molar-refractivity contribution in [3.05, 3.63) is 62.0 Å². The van der Waals surface area contributed by atoms with Gasteiger partial charge in [-0.3, -0.25) is 9.59 Å². The van der Waals surface area contributed by atoms with Gasteiger partial charge in [0.1, 0.15) is 11.8 Å². The summed E-state index contributed by atoms with van der Waals surface area (Å²) in [6.45, 7) is 7.73. The zero-order chi connectivity index (χ0) is 23.8. The summed E-state index contributed by atoms with van der Waals surface area (Å²) in [5, 5.41) is 3.73.